The highest BCUT2D eigenvalue weighted by Crippen LogP contribution is 2.28. The Balaban J connectivity index is -0.000000585. The van der Waals surface area contributed by atoms with E-state index in [2.05, 4.69) is 30.8 Å². The second-order valence-corrected chi connectivity index (χ2v) is 6.51. The van der Waals surface area contributed by atoms with Crippen LogP contribution in [0, 0.1) is 5.92 Å². The lowest BCUT2D eigenvalue weighted by Crippen LogP contribution is -2.52. The molecule has 190 valence electrons. The van der Waals surface area contributed by atoms with Gasteiger partial charge >= 0.3 is 0 Å². The lowest BCUT2D eigenvalue weighted by Gasteiger charge is -2.38. The first-order valence-corrected chi connectivity index (χ1v) is 12.6. The Morgan fingerprint density at radius 2 is 1.38 bits per heavy atom. The highest BCUT2D eigenvalue weighted by Gasteiger charge is 2.36. The number of rotatable bonds is 7. The van der Waals surface area contributed by atoms with Crippen LogP contribution in [-0.2, 0) is 11.2 Å². The van der Waals surface area contributed by atoms with E-state index in [1.165, 1.54) is 5.56 Å². The van der Waals surface area contributed by atoms with Crippen molar-refractivity contribution in [1.29, 1.82) is 0 Å². The number of β-lactam (4-membered cyclic amide) rings is 1. The summed E-state index contributed by atoms with van der Waals surface area (Å²) in [5.74, 6) is 0.503. The molecule has 2 heteroatoms. The Bertz CT molecular complexity index is 747. The molecule has 2 aromatic rings. The van der Waals surface area contributed by atoms with Crippen LogP contribution in [0.25, 0.3) is 0 Å². The molecule has 0 spiro atoms. The summed E-state index contributed by atoms with van der Waals surface area (Å²) in [5.41, 5.74) is 2.39. The number of hydrogen-bond donors (Lipinski definition) is 0. The molecule has 0 bridgehead atoms. The standard InChI is InChI=1S/C18H19NO.C7H10.3C2H6.CH4/c20-18-16(11-7-10-15-8-3-1-4-9-15)14-19(18)17-12-5-2-6-13-17;1-3-5-7-6-4-2;3*1-2;/h1-6,8-9,12-13,16H,7,10-11,14H2;3-7H,1H2,2H3;3*1-2H3;1H4/b;6-4-,7-5-;;;;/t16-;;;;;/m0...../s1. The van der Waals surface area contributed by atoms with Gasteiger partial charge in [0.25, 0.3) is 0 Å². The smallest absolute Gasteiger partial charge is 0.231 e. The van der Waals surface area contributed by atoms with E-state index in [0.29, 0.717) is 0 Å². The Labute approximate surface area is 212 Å². The van der Waals surface area contributed by atoms with E-state index in [0.717, 1.165) is 31.5 Å². The van der Waals surface area contributed by atoms with Gasteiger partial charge in [-0.1, -0.05) is 134 Å². The van der Waals surface area contributed by atoms with E-state index in [1.54, 1.807) is 6.08 Å². The summed E-state index contributed by atoms with van der Waals surface area (Å²) >= 11 is 0. The van der Waals surface area contributed by atoms with Gasteiger partial charge in [-0.2, -0.15) is 0 Å². The topological polar surface area (TPSA) is 20.3 Å². The van der Waals surface area contributed by atoms with Crippen molar-refractivity contribution in [3.8, 4) is 0 Å². The first-order chi connectivity index (χ1) is 16.3. The lowest BCUT2D eigenvalue weighted by atomic mass is 9.91. The first-order valence-electron chi connectivity index (χ1n) is 12.6. The molecule has 1 aliphatic heterocycles. The van der Waals surface area contributed by atoms with Crippen LogP contribution in [0.3, 0.4) is 0 Å². The van der Waals surface area contributed by atoms with Crippen molar-refractivity contribution >= 4 is 11.6 Å². The molecule has 1 fully saturated rings. The summed E-state index contributed by atoms with van der Waals surface area (Å²) in [7, 11) is 0. The summed E-state index contributed by atoms with van der Waals surface area (Å²) in [5, 5.41) is 0. The third kappa shape index (κ3) is 15.1. The molecule has 1 saturated heterocycles. The Hall–Kier alpha value is -2.87. The number of allylic oxidation sites excluding steroid dienone is 5. The Morgan fingerprint density at radius 3 is 1.85 bits per heavy atom. The third-order valence-corrected chi connectivity index (χ3v) is 4.50. The zero-order valence-electron chi connectivity index (χ0n) is 22.1. The van der Waals surface area contributed by atoms with Crippen LogP contribution in [0.2, 0.25) is 0 Å². The quantitative estimate of drug-likeness (QED) is 0.294. The van der Waals surface area contributed by atoms with Crippen molar-refractivity contribution < 1.29 is 4.79 Å². The van der Waals surface area contributed by atoms with Crippen molar-refractivity contribution in [2.45, 2.75) is 75.2 Å². The maximum atomic E-state index is 12.1. The maximum absolute atomic E-state index is 12.1. The largest absolute Gasteiger partial charge is 0.311 e. The molecular weight excluding hydrogens is 414 g/mol. The fraction of sp³-hybridized carbons (Fsp3) is 0.406. The number of carbonyl (C=O) groups excluding carboxylic acids is 1. The summed E-state index contributed by atoms with van der Waals surface area (Å²) < 4.78 is 0. The number of anilines is 1. The van der Waals surface area contributed by atoms with Crippen molar-refractivity contribution in [2.24, 2.45) is 5.92 Å². The van der Waals surface area contributed by atoms with Gasteiger partial charge in [-0.05, 0) is 43.9 Å². The van der Waals surface area contributed by atoms with Gasteiger partial charge in [-0.3, -0.25) is 4.79 Å². The first kappa shape index (κ1) is 35.7. The minimum absolute atomic E-state index is 0. The lowest BCUT2D eigenvalue weighted by molar-refractivity contribution is -0.127. The van der Waals surface area contributed by atoms with E-state index in [-0.39, 0.29) is 19.3 Å². The Kier molecular flexibility index (Phi) is 27.7. The minimum atomic E-state index is 0. The Morgan fingerprint density at radius 1 is 0.853 bits per heavy atom. The number of carbonyl (C=O) groups is 1. The van der Waals surface area contributed by atoms with E-state index in [9.17, 15) is 4.79 Å². The number of nitrogens with zero attached hydrogens (tertiary/aromatic N) is 1. The molecule has 0 aliphatic carbocycles. The molecule has 2 nitrogen and oxygen atoms in total. The van der Waals surface area contributed by atoms with Gasteiger partial charge in [0.1, 0.15) is 0 Å². The van der Waals surface area contributed by atoms with Gasteiger partial charge in [0.2, 0.25) is 5.91 Å². The fourth-order valence-corrected chi connectivity index (χ4v) is 3.00. The fourth-order valence-electron chi connectivity index (χ4n) is 3.00. The SMILES string of the molecule is C.C=C/C=C\C=C/C.CC.CC.CC.O=C1[C@@H](CCCc2ccccc2)CN1c1ccccc1. The molecule has 0 saturated carbocycles. The second-order valence-electron chi connectivity index (χ2n) is 6.51. The van der Waals surface area contributed by atoms with Crippen LogP contribution in [0.15, 0.2) is 97.6 Å². The van der Waals surface area contributed by atoms with Crippen LogP contribution >= 0.6 is 0 Å². The molecule has 2 aromatic carbocycles. The molecule has 0 radical (unpaired) electrons. The van der Waals surface area contributed by atoms with E-state index in [1.807, 2.05) is 114 Å². The summed E-state index contributed by atoms with van der Waals surface area (Å²) in [4.78, 5) is 14.0. The summed E-state index contributed by atoms with van der Waals surface area (Å²) in [6.45, 7) is 18.4. The summed E-state index contributed by atoms with van der Waals surface area (Å²) in [6, 6.07) is 20.4. The zero-order chi connectivity index (χ0) is 25.3. The predicted molar refractivity (Wildman–Crippen MR) is 157 cm³/mol. The van der Waals surface area contributed by atoms with Gasteiger partial charge in [0.05, 0.1) is 5.92 Å². The van der Waals surface area contributed by atoms with Crippen molar-refractivity contribution in [2.75, 3.05) is 11.4 Å². The number of aryl methyl sites for hydroxylation is 1. The molecule has 1 aliphatic rings. The monoisotopic (exact) mass is 465 g/mol. The number of hydrogen-bond acceptors (Lipinski definition) is 1. The van der Waals surface area contributed by atoms with Crippen LogP contribution in [0.5, 0.6) is 0 Å². The molecule has 1 amide bonds. The normalized spacial score (nSPS) is 13.3. The molecule has 0 unspecified atom stereocenters. The van der Waals surface area contributed by atoms with Crippen LogP contribution < -0.4 is 4.90 Å². The van der Waals surface area contributed by atoms with Crippen LogP contribution in [0.4, 0.5) is 5.69 Å². The van der Waals surface area contributed by atoms with Crippen LogP contribution in [0.1, 0.15) is 74.3 Å². The molecular formula is C32H51NO. The minimum Gasteiger partial charge on any atom is -0.311 e. The third-order valence-electron chi connectivity index (χ3n) is 4.50. The molecule has 1 atom stereocenters. The van der Waals surface area contributed by atoms with E-state index < -0.39 is 0 Å². The average molecular weight is 466 g/mol. The van der Waals surface area contributed by atoms with Gasteiger partial charge in [-0.25, -0.2) is 0 Å². The summed E-state index contributed by atoms with van der Waals surface area (Å²) in [6.07, 6.45) is 12.7. The number of para-hydroxylation sites is 1. The van der Waals surface area contributed by atoms with Gasteiger partial charge in [0.15, 0.2) is 0 Å². The van der Waals surface area contributed by atoms with E-state index >= 15 is 0 Å². The molecule has 1 heterocycles. The second kappa shape index (κ2) is 26.4. The molecule has 3 rings (SSSR count). The average Bonchev–Trinajstić information content (AvgIpc) is 2.91. The van der Waals surface area contributed by atoms with Gasteiger partial charge in [0, 0.05) is 12.2 Å². The van der Waals surface area contributed by atoms with E-state index in [4.69, 9.17) is 0 Å². The highest BCUT2D eigenvalue weighted by atomic mass is 16.2. The highest BCUT2D eigenvalue weighted by molar-refractivity contribution is 6.01. The van der Waals surface area contributed by atoms with Crippen molar-refractivity contribution in [3.05, 3.63) is 103 Å². The maximum Gasteiger partial charge on any atom is 0.231 e. The van der Waals surface area contributed by atoms with Gasteiger partial charge < -0.3 is 4.90 Å². The van der Waals surface area contributed by atoms with Crippen molar-refractivity contribution in [3.63, 3.8) is 0 Å². The predicted octanol–water partition coefficient (Wildman–Crippen LogP) is 9.69. The van der Waals surface area contributed by atoms with Gasteiger partial charge in [-0.15, -0.1) is 0 Å². The molecule has 0 aromatic heterocycles. The van der Waals surface area contributed by atoms with Crippen molar-refractivity contribution in [1.82, 2.24) is 0 Å². The van der Waals surface area contributed by atoms with Crippen LogP contribution in [-0.4, -0.2) is 12.5 Å². The number of amides is 1. The molecule has 0 N–H and O–H groups in total. The number of benzene rings is 2. The zero-order valence-corrected chi connectivity index (χ0v) is 22.1. The molecule has 34 heavy (non-hydrogen) atoms.